The summed E-state index contributed by atoms with van der Waals surface area (Å²) < 4.78 is 9.70. The van der Waals surface area contributed by atoms with Crippen LogP contribution in [0.15, 0.2) is 10.5 Å². The zero-order chi connectivity index (χ0) is 22.1. The Morgan fingerprint density at radius 2 is 2.16 bits per heavy atom. The van der Waals surface area contributed by atoms with Gasteiger partial charge in [-0.2, -0.15) is 5.06 Å². The number of ether oxygens (including phenoxy) is 2. The Morgan fingerprint density at radius 3 is 2.68 bits per heavy atom. The van der Waals surface area contributed by atoms with Crippen molar-refractivity contribution in [1.82, 2.24) is 15.4 Å². The van der Waals surface area contributed by atoms with Crippen molar-refractivity contribution >= 4 is 45.9 Å². The molecule has 162 valence electrons. The first-order valence-electron chi connectivity index (χ1n) is 8.31. The average molecular weight is 465 g/mol. The Hall–Kier alpha value is -2.30. The molecule has 0 aromatic carbocycles. The van der Waals surface area contributed by atoms with Crippen molar-refractivity contribution in [2.24, 2.45) is 5.16 Å². The molecule has 2 fully saturated rings. The van der Waals surface area contributed by atoms with Gasteiger partial charge in [0.1, 0.15) is 31.4 Å². The fourth-order valence-corrected chi connectivity index (χ4v) is 3.40. The predicted molar refractivity (Wildman–Crippen MR) is 94.0 cm³/mol. The number of hydroxylamine groups is 2. The summed E-state index contributed by atoms with van der Waals surface area (Å²) in [5, 5.41) is 19.6. The van der Waals surface area contributed by atoms with E-state index >= 15 is 0 Å². The monoisotopic (exact) mass is 465 g/mol. The number of cyclic esters (lactones) is 1. The second-order valence-corrected chi connectivity index (χ2v) is 6.96. The Labute approximate surface area is 200 Å². The number of carboxylic acids is 1. The zero-order valence-corrected chi connectivity index (χ0v) is 19.5. The van der Waals surface area contributed by atoms with Crippen LogP contribution in [0.1, 0.15) is 12.1 Å². The van der Waals surface area contributed by atoms with Crippen molar-refractivity contribution in [3.63, 3.8) is 0 Å². The molecule has 0 spiro atoms. The van der Waals surface area contributed by atoms with Crippen LogP contribution < -0.4 is 45.7 Å². The number of hydrogen-bond donors (Lipinski definition) is 2. The molecule has 0 saturated carbocycles. The molecule has 2 amide bonds. The van der Waals surface area contributed by atoms with Crippen molar-refractivity contribution in [2.45, 2.75) is 24.3 Å². The number of aliphatic carboxylic acids is 1. The number of anilines is 1. The van der Waals surface area contributed by atoms with Gasteiger partial charge in [-0.05, 0) is 0 Å². The van der Waals surface area contributed by atoms with Gasteiger partial charge in [-0.3, -0.25) is 14.4 Å². The fraction of sp³-hybridized carbons (Fsp3) is 0.467. The van der Waals surface area contributed by atoms with Gasteiger partial charge in [0.25, 0.3) is 17.5 Å². The number of carboxylic acid groups (broad SMARTS) is 1. The molecule has 0 aliphatic carbocycles. The molecular weight excluding hydrogens is 449 g/mol. The maximum atomic E-state index is 12.7. The fourth-order valence-electron chi connectivity index (χ4n) is 2.85. The topological polar surface area (TPSA) is 195 Å². The first kappa shape index (κ1) is 25.0. The normalized spacial score (nSPS) is 25.7. The molecule has 3 rings (SSSR count). The average Bonchev–Trinajstić information content (AvgIpc) is 3.38. The van der Waals surface area contributed by atoms with Gasteiger partial charge in [-0.25, -0.2) is 9.78 Å². The van der Waals surface area contributed by atoms with Gasteiger partial charge in [0, 0.05) is 12.5 Å². The van der Waals surface area contributed by atoms with Crippen molar-refractivity contribution in [3.05, 3.63) is 11.1 Å². The molecule has 0 radical (unpaired) electrons. The third-order valence-corrected chi connectivity index (χ3v) is 4.94. The number of methoxy groups -OCH3 is 1. The van der Waals surface area contributed by atoms with Crippen molar-refractivity contribution in [3.8, 4) is 0 Å². The molecular formula is C15H16N5NaO9S. The smallest absolute Gasteiger partial charge is 0.544 e. The first-order valence-corrected chi connectivity index (χ1v) is 9.19. The van der Waals surface area contributed by atoms with Gasteiger partial charge in [0.2, 0.25) is 0 Å². The number of esters is 1. The summed E-state index contributed by atoms with van der Waals surface area (Å²) in [5.74, 6) is -4.71. The summed E-state index contributed by atoms with van der Waals surface area (Å²) in [7, 11) is 2.38. The Bertz CT molecular complexity index is 924. The van der Waals surface area contributed by atoms with Crippen LogP contribution in [0.5, 0.6) is 0 Å². The van der Waals surface area contributed by atoms with Crippen LogP contribution in [0.2, 0.25) is 0 Å². The molecule has 0 bridgehead atoms. The summed E-state index contributed by atoms with van der Waals surface area (Å²) >= 11 is 1.06. The Balaban J connectivity index is 0.00000341. The standard InChI is InChI=1S/C15H17N5O9S.Na/c1-26-8-3-15(13(24)25,29-12(8)23)20-11(22)6(4-28-20)17-10(21)9(19-27-2)7-5-30-14(16)18-7;/h5-6,8H,3-4H2,1-2H3,(H2,16,18)(H,17,21)(H,24,25);/q;+1/p-1/b19-9-;/t6-,8?,15?;/m0./s1. The number of nitrogen functional groups attached to an aromatic ring is 1. The van der Waals surface area contributed by atoms with E-state index in [4.69, 9.17) is 20.0 Å². The quantitative estimate of drug-likeness (QED) is 0.168. The molecule has 2 saturated heterocycles. The van der Waals surface area contributed by atoms with Crippen molar-refractivity contribution in [2.75, 3.05) is 26.6 Å². The minimum atomic E-state index is -2.53. The molecule has 2 unspecified atom stereocenters. The third kappa shape index (κ3) is 4.65. The van der Waals surface area contributed by atoms with Gasteiger partial charge in [0.15, 0.2) is 16.9 Å². The number of carbonyl (C=O) groups excluding carboxylic acids is 4. The minimum absolute atomic E-state index is 0. The molecule has 31 heavy (non-hydrogen) atoms. The van der Waals surface area contributed by atoms with Gasteiger partial charge in [-0.1, -0.05) is 5.16 Å². The molecule has 1 aromatic rings. The summed E-state index contributed by atoms with van der Waals surface area (Å²) in [5.41, 5.74) is 2.87. The second kappa shape index (κ2) is 9.88. The second-order valence-electron chi connectivity index (χ2n) is 6.07. The number of hydrogen-bond acceptors (Lipinski definition) is 13. The van der Waals surface area contributed by atoms with Gasteiger partial charge in [-0.15, -0.1) is 11.3 Å². The van der Waals surface area contributed by atoms with E-state index in [1.54, 1.807) is 0 Å². The van der Waals surface area contributed by atoms with E-state index in [9.17, 15) is 24.3 Å². The van der Waals surface area contributed by atoms with E-state index in [1.165, 1.54) is 19.6 Å². The number of rotatable bonds is 7. The van der Waals surface area contributed by atoms with E-state index in [2.05, 4.69) is 20.3 Å². The summed E-state index contributed by atoms with van der Waals surface area (Å²) in [6, 6.07) is -1.31. The molecule has 2 aliphatic rings. The molecule has 16 heteroatoms. The van der Waals surface area contributed by atoms with Crippen LogP contribution in [0.25, 0.3) is 0 Å². The zero-order valence-electron chi connectivity index (χ0n) is 16.6. The SMILES string of the molecule is CO/N=C(\C(=O)N[C@H]1CON(C2(C(=O)[O-])CC(OC)C(=O)O2)C1=O)c1csc(N)n1.[Na+]. The van der Waals surface area contributed by atoms with Crippen LogP contribution in [0.3, 0.4) is 0 Å². The van der Waals surface area contributed by atoms with Gasteiger partial charge < -0.3 is 35.3 Å². The predicted octanol–water partition coefficient (Wildman–Crippen LogP) is -6.25. The number of nitrogens with zero attached hydrogens (tertiary/aromatic N) is 3. The summed E-state index contributed by atoms with van der Waals surface area (Å²) in [4.78, 5) is 62.5. The first-order chi connectivity index (χ1) is 14.2. The number of thiazole rings is 1. The van der Waals surface area contributed by atoms with Gasteiger partial charge in [0.05, 0.1) is 6.42 Å². The third-order valence-electron chi connectivity index (χ3n) is 4.26. The van der Waals surface area contributed by atoms with Crippen LogP contribution in [0, 0.1) is 0 Å². The van der Waals surface area contributed by atoms with Gasteiger partial charge >= 0.3 is 35.5 Å². The van der Waals surface area contributed by atoms with Crippen LogP contribution >= 0.6 is 11.3 Å². The van der Waals surface area contributed by atoms with Crippen molar-refractivity contribution < 1.29 is 73.0 Å². The van der Waals surface area contributed by atoms with E-state index in [1.807, 2.05) is 0 Å². The van der Waals surface area contributed by atoms with E-state index < -0.39 is 54.7 Å². The molecule has 3 heterocycles. The number of aromatic nitrogens is 1. The van der Waals surface area contributed by atoms with Crippen LogP contribution in [0.4, 0.5) is 5.13 Å². The van der Waals surface area contributed by atoms with Crippen LogP contribution in [-0.4, -0.2) is 78.2 Å². The Morgan fingerprint density at radius 1 is 1.45 bits per heavy atom. The molecule has 3 N–H and O–H groups in total. The number of nitrogens with two attached hydrogens (primary N) is 1. The molecule has 2 aliphatic heterocycles. The largest absolute Gasteiger partial charge is 1.00 e. The minimum Gasteiger partial charge on any atom is -0.544 e. The number of oxime groups is 1. The van der Waals surface area contributed by atoms with Crippen LogP contribution in [-0.2, 0) is 38.3 Å². The van der Waals surface area contributed by atoms with E-state index in [-0.39, 0.29) is 46.1 Å². The number of amides is 2. The summed E-state index contributed by atoms with van der Waals surface area (Å²) in [6.45, 7) is -0.436. The van der Waals surface area contributed by atoms with E-state index in [0.717, 1.165) is 11.3 Å². The van der Waals surface area contributed by atoms with E-state index in [0.29, 0.717) is 5.06 Å². The molecule has 3 atom stereocenters. The Kier molecular flexibility index (Phi) is 7.96. The maximum absolute atomic E-state index is 12.7. The number of nitrogens with one attached hydrogen (secondary N) is 1. The summed E-state index contributed by atoms with van der Waals surface area (Å²) in [6.07, 6.45) is -1.78. The molecule has 14 nitrogen and oxygen atoms in total. The molecule has 1 aromatic heterocycles. The maximum Gasteiger partial charge on any atom is 1.00 e. The van der Waals surface area contributed by atoms with Crippen molar-refractivity contribution in [1.29, 1.82) is 0 Å². The number of carbonyl (C=O) groups is 4.